The fourth-order valence-corrected chi connectivity index (χ4v) is 5.07. The zero-order chi connectivity index (χ0) is 16.8. The number of nitrogens with zero attached hydrogens (tertiary/aromatic N) is 1. The molecule has 126 valence electrons. The summed E-state index contributed by atoms with van der Waals surface area (Å²) in [7, 11) is -2.27. The molecule has 1 aliphatic carbocycles. The molecule has 0 radical (unpaired) electrons. The van der Waals surface area contributed by atoms with Crippen molar-refractivity contribution >= 4 is 33.2 Å². The summed E-state index contributed by atoms with van der Waals surface area (Å²) in [5.74, 6) is -1.26. The summed E-state index contributed by atoms with van der Waals surface area (Å²) < 4.78 is 25.7. The number of sulfonamides is 1. The summed E-state index contributed by atoms with van der Waals surface area (Å²) in [6.07, 6.45) is 2.06. The number of carbonyl (C=O) groups is 2. The van der Waals surface area contributed by atoms with Crippen molar-refractivity contribution in [3.05, 3.63) is 16.3 Å². The number of thiophene rings is 1. The number of carbonyl (C=O) groups excluding carboxylic acids is 1. The molecule has 0 aromatic carbocycles. The molecule has 1 aromatic rings. The van der Waals surface area contributed by atoms with E-state index in [0.717, 1.165) is 24.2 Å². The van der Waals surface area contributed by atoms with Crippen LogP contribution in [-0.4, -0.2) is 50.4 Å². The molecule has 1 aromatic heterocycles. The van der Waals surface area contributed by atoms with E-state index in [4.69, 9.17) is 0 Å². The fraction of sp³-hybridized carbons (Fsp3) is 0.571. The largest absolute Gasteiger partial charge is 0.481 e. The highest BCUT2D eigenvalue weighted by molar-refractivity contribution is 7.89. The van der Waals surface area contributed by atoms with Crippen LogP contribution >= 0.6 is 11.3 Å². The fourth-order valence-electron chi connectivity index (χ4n) is 3.10. The molecular formula is C14H18N2O5S2. The van der Waals surface area contributed by atoms with Crippen LogP contribution in [0.15, 0.2) is 16.3 Å². The van der Waals surface area contributed by atoms with Gasteiger partial charge in [0.1, 0.15) is 0 Å². The van der Waals surface area contributed by atoms with Crippen molar-refractivity contribution < 1.29 is 23.1 Å². The standard InChI is InChI=1S/C14H18N2O5S2/c1-15-23(20,21)9-4-12(22-7-9)13(17)16-5-10(8-2-3-8)11(6-16)14(18)19/h4,7-8,10-11,15H,2-3,5-6H2,1H3,(H,18,19)/t10-,11+/m1/s1. The molecule has 1 amide bonds. The molecule has 9 heteroatoms. The Labute approximate surface area is 138 Å². The third-order valence-electron chi connectivity index (χ3n) is 4.56. The van der Waals surface area contributed by atoms with Crippen molar-refractivity contribution in [3.63, 3.8) is 0 Å². The second kappa shape index (κ2) is 5.88. The van der Waals surface area contributed by atoms with E-state index in [2.05, 4.69) is 4.72 Å². The van der Waals surface area contributed by atoms with Crippen LogP contribution in [0, 0.1) is 17.8 Å². The Hall–Kier alpha value is -1.45. The van der Waals surface area contributed by atoms with Crippen LogP contribution in [0.25, 0.3) is 0 Å². The summed E-state index contributed by atoms with van der Waals surface area (Å²) in [6.45, 7) is 0.633. The number of carboxylic acids is 1. The van der Waals surface area contributed by atoms with E-state index in [9.17, 15) is 23.1 Å². The van der Waals surface area contributed by atoms with Crippen molar-refractivity contribution in [1.82, 2.24) is 9.62 Å². The first kappa shape index (κ1) is 16.4. The SMILES string of the molecule is CNS(=O)(=O)c1csc(C(=O)N2C[C@H](C(=O)O)[C@@H](C3CC3)C2)c1. The van der Waals surface area contributed by atoms with Gasteiger partial charge in [-0.2, -0.15) is 0 Å². The Balaban J connectivity index is 1.77. The summed E-state index contributed by atoms with van der Waals surface area (Å²) in [5, 5.41) is 10.8. The lowest BCUT2D eigenvalue weighted by Gasteiger charge is -2.15. The molecule has 1 aliphatic heterocycles. The van der Waals surface area contributed by atoms with Gasteiger partial charge in [0, 0.05) is 18.5 Å². The van der Waals surface area contributed by atoms with Crippen LogP contribution in [0.3, 0.4) is 0 Å². The van der Waals surface area contributed by atoms with E-state index >= 15 is 0 Å². The molecule has 7 nitrogen and oxygen atoms in total. The van der Waals surface area contributed by atoms with Gasteiger partial charge in [-0.25, -0.2) is 13.1 Å². The molecule has 23 heavy (non-hydrogen) atoms. The van der Waals surface area contributed by atoms with E-state index < -0.39 is 21.9 Å². The third kappa shape index (κ3) is 3.13. The maximum Gasteiger partial charge on any atom is 0.308 e. The number of carboxylic acid groups (broad SMARTS) is 1. The quantitative estimate of drug-likeness (QED) is 0.812. The monoisotopic (exact) mass is 358 g/mol. The molecule has 2 fully saturated rings. The van der Waals surface area contributed by atoms with Gasteiger partial charge >= 0.3 is 5.97 Å². The Bertz CT molecular complexity index is 738. The predicted octanol–water partition coefficient (Wildman–Crippen LogP) is 0.839. The first-order valence-corrected chi connectivity index (χ1v) is 9.74. The van der Waals surface area contributed by atoms with Crippen molar-refractivity contribution in [2.24, 2.45) is 17.8 Å². The molecule has 2 heterocycles. The van der Waals surface area contributed by atoms with Gasteiger partial charge in [0.05, 0.1) is 15.7 Å². The Morgan fingerprint density at radius 2 is 2.04 bits per heavy atom. The first-order valence-electron chi connectivity index (χ1n) is 7.37. The van der Waals surface area contributed by atoms with Gasteiger partial charge in [-0.15, -0.1) is 11.3 Å². The van der Waals surface area contributed by atoms with E-state index in [1.165, 1.54) is 18.5 Å². The van der Waals surface area contributed by atoms with Crippen LogP contribution < -0.4 is 4.72 Å². The molecule has 2 aliphatic rings. The number of hydrogen-bond donors (Lipinski definition) is 2. The molecule has 2 atom stereocenters. The normalized spacial score (nSPS) is 24.8. The molecule has 0 spiro atoms. The van der Waals surface area contributed by atoms with Crippen molar-refractivity contribution in [2.45, 2.75) is 17.7 Å². The highest BCUT2D eigenvalue weighted by Gasteiger charge is 2.47. The number of amides is 1. The average molecular weight is 358 g/mol. The smallest absolute Gasteiger partial charge is 0.308 e. The van der Waals surface area contributed by atoms with Gasteiger partial charge in [-0.1, -0.05) is 0 Å². The highest BCUT2D eigenvalue weighted by Crippen LogP contribution is 2.44. The Morgan fingerprint density at radius 3 is 2.61 bits per heavy atom. The second-order valence-corrected chi connectivity index (χ2v) is 8.81. The van der Waals surface area contributed by atoms with Crippen molar-refractivity contribution in [1.29, 1.82) is 0 Å². The average Bonchev–Trinajstić information content (AvgIpc) is 3.06. The van der Waals surface area contributed by atoms with Gasteiger partial charge in [-0.3, -0.25) is 9.59 Å². The number of aliphatic carboxylic acids is 1. The minimum atomic E-state index is -3.58. The molecule has 3 rings (SSSR count). The molecule has 1 saturated heterocycles. The van der Waals surface area contributed by atoms with Crippen molar-refractivity contribution in [3.8, 4) is 0 Å². The molecule has 0 unspecified atom stereocenters. The van der Waals surface area contributed by atoms with Gasteiger partial charge in [-0.05, 0) is 37.8 Å². The number of likely N-dealkylation sites (tertiary alicyclic amines) is 1. The Morgan fingerprint density at radius 1 is 1.35 bits per heavy atom. The zero-order valence-corrected chi connectivity index (χ0v) is 14.2. The summed E-state index contributed by atoms with van der Waals surface area (Å²) in [4.78, 5) is 25.9. The van der Waals surface area contributed by atoms with Crippen LogP contribution in [-0.2, 0) is 14.8 Å². The minimum absolute atomic E-state index is 0.0110. The van der Waals surface area contributed by atoms with E-state index in [1.54, 1.807) is 4.90 Å². The molecule has 0 bridgehead atoms. The van der Waals surface area contributed by atoms with Crippen LogP contribution in [0.2, 0.25) is 0 Å². The van der Waals surface area contributed by atoms with E-state index in [1.807, 2.05) is 0 Å². The Kier molecular flexibility index (Phi) is 4.19. The lowest BCUT2D eigenvalue weighted by atomic mass is 9.92. The van der Waals surface area contributed by atoms with E-state index in [-0.39, 0.29) is 23.3 Å². The lowest BCUT2D eigenvalue weighted by Crippen LogP contribution is -2.29. The molecule has 2 N–H and O–H groups in total. The van der Waals surface area contributed by atoms with Gasteiger partial charge < -0.3 is 10.0 Å². The number of hydrogen-bond acceptors (Lipinski definition) is 5. The minimum Gasteiger partial charge on any atom is -0.481 e. The van der Waals surface area contributed by atoms with Crippen LogP contribution in [0.1, 0.15) is 22.5 Å². The highest BCUT2D eigenvalue weighted by atomic mass is 32.2. The lowest BCUT2D eigenvalue weighted by molar-refractivity contribution is -0.142. The van der Waals surface area contributed by atoms with Gasteiger partial charge in [0.2, 0.25) is 10.0 Å². The van der Waals surface area contributed by atoms with Crippen LogP contribution in [0.4, 0.5) is 0 Å². The van der Waals surface area contributed by atoms with Gasteiger partial charge in [0.25, 0.3) is 5.91 Å². The van der Waals surface area contributed by atoms with Crippen LogP contribution in [0.5, 0.6) is 0 Å². The zero-order valence-electron chi connectivity index (χ0n) is 12.6. The predicted molar refractivity (Wildman–Crippen MR) is 83.8 cm³/mol. The molecular weight excluding hydrogens is 340 g/mol. The number of nitrogens with one attached hydrogen (secondary N) is 1. The topological polar surface area (TPSA) is 104 Å². The summed E-state index contributed by atoms with van der Waals surface area (Å²) >= 11 is 1.06. The molecule has 1 saturated carbocycles. The summed E-state index contributed by atoms with van der Waals surface area (Å²) in [6, 6.07) is 1.35. The maximum atomic E-state index is 12.6. The number of rotatable bonds is 5. The van der Waals surface area contributed by atoms with E-state index in [0.29, 0.717) is 17.3 Å². The van der Waals surface area contributed by atoms with Crippen molar-refractivity contribution in [2.75, 3.05) is 20.1 Å². The second-order valence-electron chi connectivity index (χ2n) is 6.01. The first-order chi connectivity index (χ1) is 10.8. The maximum absolute atomic E-state index is 12.6. The summed E-state index contributed by atoms with van der Waals surface area (Å²) in [5.41, 5.74) is 0. The third-order valence-corrected chi connectivity index (χ3v) is 7.02. The van der Waals surface area contributed by atoms with Gasteiger partial charge in [0.15, 0.2) is 0 Å².